The van der Waals surface area contributed by atoms with Gasteiger partial charge >= 0.3 is 0 Å². The van der Waals surface area contributed by atoms with Crippen LogP contribution in [0.15, 0.2) is 29.3 Å². The first kappa shape index (κ1) is 20.4. The lowest BCUT2D eigenvalue weighted by Crippen LogP contribution is -2.39. The molecule has 1 fully saturated rings. The Balaban J connectivity index is 0.00000225. The molecule has 1 atom stereocenters. The number of halogens is 1. The Labute approximate surface area is 162 Å². The van der Waals surface area contributed by atoms with E-state index in [1.165, 1.54) is 28.9 Å². The molecule has 1 aromatic rings. The number of anilines is 1. The van der Waals surface area contributed by atoms with E-state index in [9.17, 15) is 0 Å². The second-order valence-electron chi connectivity index (χ2n) is 6.69. The molecule has 0 amide bonds. The smallest absolute Gasteiger partial charge is 0.152 e. The third-order valence-electron chi connectivity index (χ3n) is 4.88. The van der Waals surface area contributed by atoms with E-state index in [0.717, 1.165) is 39.4 Å². The van der Waals surface area contributed by atoms with Crippen LogP contribution in [0.1, 0.15) is 24.5 Å². The Morgan fingerprint density at radius 3 is 2.60 bits per heavy atom. The zero-order valence-electron chi connectivity index (χ0n) is 15.5. The number of aryl methyl sites for hydroxylation is 2. The molecule has 0 radical (unpaired) electrons. The van der Waals surface area contributed by atoms with Crippen molar-refractivity contribution in [2.24, 2.45) is 0 Å². The van der Waals surface area contributed by atoms with Crippen molar-refractivity contribution >= 4 is 29.9 Å². The molecule has 0 spiro atoms. The summed E-state index contributed by atoms with van der Waals surface area (Å²) in [6, 6.07) is 6.62. The molecule has 1 aromatic carbocycles. The van der Waals surface area contributed by atoms with E-state index >= 15 is 0 Å². The van der Waals surface area contributed by atoms with Crippen LogP contribution in [0.2, 0.25) is 0 Å². The lowest BCUT2D eigenvalue weighted by molar-refractivity contribution is 0.0365. The molecule has 0 aromatic heterocycles. The topological polar surface area (TPSA) is 27.7 Å². The number of ether oxygens (including phenoxy) is 1. The summed E-state index contributed by atoms with van der Waals surface area (Å²) in [5.41, 5.74) is 5.56. The molecule has 2 aliphatic heterocycles. The van der Waals surface area contributed by atoms with Gasteiger partial charge in [-0.3, -0.25) is 4.90 Å². The quantitative estimate of drug-likeness (QED) is 0.799. The summed E-state index contributed by atoms with van der Waals surface area (Å²) in [5.74, 6) is 0. The zero-order valence-corrected chi connectivity index (χ0v) is 17.1. The lowest BCUT2D eigenvalue weighted by atomic mass is 10.1. The molecule has 6 heteroatoms. The molecule has 25 heavy (non-hydrogen) atoms. The van der Waals surface area contributed by atoms with E-state index in [1.54, 1.807) is 0 Å². The van der Waals surface area contributed by atoms with Crippen molar-refractivity contribution < 1.29 is 4.74 Å². The van der Waals surface area contributed by atoms with E-state index in [1.807, 2.05) is 11.8 Å². The first-order valence-corrected chi connectivity index (χ1v) is 9.80. The van der Waals surface area contributed by atoms with Crippen molar-refractivity contribution in [1.29, 1.82) is 0 Å². The fourth-order valence-electron chi connectivity index (χ4n) is 3.16. The highest BCUT2D eigenvalue weighted by Crippen LogP contribution is 2.32. The normalized spacial score (nSPS) is 21.0. The maximum Gasteiger partial charge on any atom is 0.152 e. The second kappa shape index (κ2) is 9.72. The third kappa shape index (κ3) is 5.55. The van der Waals surface area contributed by atoms with Crippen molar-refractivity contribution in [3.8, 4) is 0 Å². The van der Waals surface area contributed by atoms with Gasteiger partial charge in [0.05, 0.1) is 13.2 Å². The Morgan fingerprint density at radius 1 is 1.12 bits per heavy atom. The van der Waals surface area contributed by atoms with E-state index in [2.05, 4.69) is 59.5 Å². The van der Waals surface area contributed by atoms with Gasteiger partial charge in [-0.15, -0.1) is 12.4 Å². The molecule has 2 aliphatic rings. The van der Waals surface area contributed by atoms with Crippen molar-refractivity contribution in [3.05, 3.63) is 40.4 Å². The lowest BCUT2D eigenvalue weighted by Gasteiger charge is -2.31. The number of allylic oxidation sites excluding steroid dienone is 1. The molecule has 0 saturated carbocycles. The Morgan fingerprint density at radius 2 is 1.88 bits per heavy atom. The largest absolute Gasteiger partial charge is 0.379 e. The van der Waals surface area contributed by atoms with E-state index < -0.39 is 0 Å². The van der Waals surface area contributed by atoms with Crippen molar-refractivity contribution in [2.45, 2.75) is 32.7 Å². The van der Waals surface area contributed by atoms with Crippen LogP contribution in [-0.2, 0) is 4.74 Å². The minimum absolute atomic E-state index is 0. The highest BCUT2D eigenvalue weighted by molar-refractivity contribution is 8.03. The average molecular weight is 384 g/mol. The van der Waals surface area contributed by atoms with Crippen LogP contribution in [0.5, 0.6) is 0 Å². The molecule has 1 saturated heterocycles. The van der Waals surface area contributed by atoms with Crippen LogP contribution in [-0.4, -0.2) is 54.7 Å². The third-order valence-corrected chi connectivity index (χ3v) is 5.99. The number of thioether (sulfide) groups is 1. The number of rotatable bonds is 6. The number of morpholine rings is 1. The standard InChI is InChI=1S/C19H29N3OS.ClH/c1-15-5-6-18(13-16(15)2)20-19-22(17(3)14-24-19)8-4-7-21-9-11-23-12-10-21;/h5-6,13-14,19-20H,4,7-12H2,1-3H3;1H. The van der Waals surface area contributed by atoms with Gasteiger partial charge in [-0.25, -0.2) is 0 Å². The summed E-state index contributed by atoms with van der Waals surface area (Å²) in [7, 11) is 0. The first-order chi connectivity index (χ1) is 11.6. The van der Waals surface area contributed by atoms with Gasteiger partial charge < -0.3 is 15.0 Å². The van der Waals surface area contributed by atoms with Crippen LogP contribution in [0.4, 0.5) is 5.69 Å². The summed E-state index contributed by atoms with van der Waals surface area (Å²) in [6.45, 7) is 12.7. The number of hydrogen-bond donors (Lipinski definition) is 1. The van der Waals surface area contributed by atoms with E-state index in [-0.39, 0.29) is 12.4 Å². The van der Waals surface area contributed by atoms with Gasteiger partial charge in [-0.05, 0) is 55.9 Å². The monoisotopic (exact) mass is 383 g/mol. The van der Waals surface area contributed by atoms with Gasteiger partial charge in [0.25, 0.3) is 0 Å². The fourth-order valence-corrected chi connectivity index (χ4v) is 4.24. The van der Waals surface area contributed by atoms with Crippen LogP contribution >= 0.6 is 24.2 Å². The number of benzene rings is 1. The molecular formula is C19H30ClN3OS. The van der Waals surface area contributed by atoms with Crippen LogP contribution in [0.25, 0.3) is 0 Å². The Kier molecular flexibility index (Phi) is 7.94. The first-order valence-electron chi connectivity index (χ1n) is 8.86. The summed E-state index contributed by atoms with van der Waals surface area (Å²) in [5, 5.41) is 5.95. The Bertz CT molecular complexity index is 590. The SMILES string of the molecule is CC1=CSC(Nc2ccc(C)c(C)c2)N1CCCN1CCOCC1.Cl. The summed E-state index contributed by atoms with van der Waals surface area (Å²) >= 11 is 1.87. The van der Waals surface area contributed by atoms with Crippen LogP contribution in [0.3, 0.4) is 0 Å². The van der Waals surface area contributed by atoms with Gasteiger partial charge in [0.15, 0.2) is 5.50 Å². The fraction of sp³-hybridized carbons (Fsp3) is 0.579. The number of hydrogen-bond acceptors (Lipinski definition) is 5. The van der Waals surface area contributed by atoms with Gasteiger partial charge in [-0.2, -0.15) is 0 Å². The average Bonchev–Trinajstić information content (AvgIpc) is 2.92. The maximum absolute atomic E-state index is 5.42. The molecular weight excluding hydrogens is 354 g/mol. The molecule has 140 valence electrons. The van der Waals surface area contributed by atoms with E-state index in [4.69, 9.17) is 4.74 Å². The molecule has 3 rings (SSSR count). The van der Waals surface area contributed by atoms with Crippen molar-refractivity contribution in [3.63, 3.8) is 0 Å². The van der Waals surface area contributed by atoms with Crippen molar-refractivity contribution in [2.75, 3.05) is 44.7 Å². The summed E-state index contributed by atoms with van der Waals surface area (Å²) < 4.78 is 5.42. The number of nitrogens with zero attached hydrogens (tertiary/aromatic N) is 2. The highest BCUT2D eigenvalue weighted by atomic mass is 35.5. The van der Waals surface area contributed by atoms with Crippen molar-refractivity contribution in [1.82, 2.24) is 9.80 Å². The van der Waals surface area contributed by atoms with E-state index in [0.29, 0.717) is 5.50 Å². The van der Waals surface area contributed by atoms with Crippen LogP contribution in [0, 0.1) is 13.8 Å². The minimum atomic E-state index is 0. The molecule has 4 nitrogen and oxygen atoms in total. The zero-order chi connectivity index (χ0) is 16.9. The predicted molar refractivity (Wildman–Crippen MR) is 111 cm³/mol. The highest BCUT2D eigenvalue weighted by Gasteiger charge is 2.24. The molecule has 0 bridgehead atoms. The molecule has 1 unspecified atom stereocenters. The van der Waals surface area contributed by atoms with Gasteiger partial charge in [-0.1, -0.05) is 17.8 Å². The Hall–Kier alpha value is -0.880. The van der Waals surface area contributed by atoms with Crippen LogP contribution < -0.4 is 5.32 Å². The summed E-state index contributed by atoms with van der Waals surface area (Å²) in [6.07, 6.45) is 1.19. The van der Waals surface area contributed by atoms with Gasteiger partial charge in [0, 0.05) is 37.6 Å². The summed E-state index contributed by atoms with van der Waals surface area (Å²) in [4.78, 5) is 5.00. The molecule has 2 heterocycles. The maximum atomic E-state index is 5.42. The number of nitrogens with one attached hydrogen (secondary N) is 1. The van der Waals surface area contributed by atoms with Gasteiger partial charge in [0.2, 0.25) is 0 Å². The molecule has 0 aliphatic carbocycles. The van der Waals surface area contributed by atoms with Gasteiger partial charge in [0.1, 0.15) is 0 Å². The molecule has 1 N–H and O–H groups in total. The predicted octanol–water partition coefficient (Wildman–Crippen LogP) is 4.05. The second-order valence-corrected chi connectivity index (χ2v) is 7.65. The minimum Gasteiger partial charge on any atom is -0.379 e.